The van der Waals surface area contributed by atoms with E-state index in [4.69, 9.17) is 0 Å². The molecule has 0 saturated carbocycles. The molecule has 1 atom stereocenters. The molecule has 3 N–H and O–H groups in total. The van der Waals surface area contributed by atoms with E-state index in [1.165, 1.54) is 30.6 Å². The summed E-state index contributed by atoms with van der Waals surface area (Å²) in [7, 11) is 0.774. The Morgan fingerprint density at radius 3 is 2.39 bits per heavy atom. The molecule has 0 aromatic carbocycles. The smallest absolute Gasteiger partial charge is 0.464 e. The number of aromatic nitrogens is 1. The predicted molar refractivity (Wildman–Crippen MR) is 72.3 cm³/mol. The molecule has 1 aromatic rings. The fourth-order valence-corrected chi connectivity index (χ4v) is 1.65. The van der Waals surface area contributed by atoms with Crippen LogP contribution in [0.25, 0.3) is 0 Å². The van der Waals surface area contributed by atoms with Crippen molar-refractivity contribution in [3.05, 3.63) is 23.9 Å². The first-order valence-corrected chi connectivity index (χ1v) is 6.53. The van der Waals surface area contributed by atoms with E-state index in [1.54, 1.807) is 6.92 Å². The van der Waals surface area contributed by atoms with Crippen LogP contribution in [0.3, 0.4) is 0 Å². The minimum absolute atomic E-state index is 0.157. The number of ether oxygens (including phenoxy) is 2. The number of hydrogen-bond acceptors (Lipinski definition) is 5. The third kappa shape index (κ3) is 4.24. The van der Waals surface area contributed by atoms with E-state index in [0.717, 1.165) is 12.7 Å². The summed E-state index contributed by atoms with van der Waals surface area (Å²) in [4.78, 5) is 25.8. The summed E-state index contributed by atoms with van der Waals surface area (Å²) in [6, 6.07) is 2.80. The van der Waals surface area contributed by atoms with E-state index in [1.807, 2.05) is 5.32 Å². The lowest BCUT2D eigenvalue weighted by atomic mass is 10.1. The second-order valence-corrected chi connectivity index (χ2v) is 4.49. The first-order valence-electron chi connectivity index (χ1n) is 6.53. The van der Waals surface area contributed by atoms with Crippen LogP contribution in [0.1, 0.15) is 12.5 Å². The van der Waals surface area contributed by atoms with Crippen molar-refractivity contribution < 1.29 is 37.2 Å². The minimum atomic E-state index is -5.20. The van der Waals surface area contributed by atoms with Gasteiger partial charge in [0.1, 0.15) is 0 Å². The molecule has 1 rings (SSSR count). The largest absolute Gasteiger partial charge is 0.464 e. The number of carbonyl (C=O) groups is 2. The van der Waals surface area contributed by atoms with Gasteiger partial charge in [-0.05, 0) is 25.5 Å². The number of carbonyl (C=O) groups excluding carboxylic acids is 2. The number of hydrogen-bond donors (Lipinski definition) is 2. The van der Waals surface area contributed by atoms with Crippen molar-refractivity contribution in [2.45, 2.75) is 25.7 Å². The Bertz CT molecular complexity index is 563. The Morgan fingerprint density at radius 2 is 1.96 bits per heavy atom. The second kappa shape index (κ2) is 7.16. The molecule has 23 heavy (non-hydrogen) atoms. The number of H-pyrrole nitrogens is 1. The molecule has 1 heterocycles. The number of alkyl halides is 3. The van der Waals surface area contributed by atoms with E-state index in [2.05, 4.69) is 14.5 Å². The van der Waals surface area contributed by atoms with Gasteiger partial charge in [0.25, 0.3) is 5.82 Å². The molecular formula is C13H17F3N3O4+. The summed E-state index contributed by atoms with van der Waals surface area (Å²) < 4.78 is 49.2. The number of amides is 1. The van der Waals surface area contributed by atoms with Crippen molar-refractivity contribution in [1.82, 2.24) is 5.32 Å². The molecule has 0 spiro atoms. The van der Waals surface area contributed by atoms with Gasteiger partial charge in [0, 0.05) is 6.07 Å². The molecule has 128 valence electrons. The first-order chi connectivity index (χ1) is 10.7. The fraction of sp³-hybridized carbons (Fsp3) is 0.462. The Labute approximate surface area is 130 Å². The van der Waals surface area contributed by atoms with Gasteiger partial charge in [-0.1, -0.05) is 0 Å². The summed E-state index contributed by atoms with van der Waals surface area (Å²) in [5, 5.41) is 3.43. The number of aromatic amines is 1. The molecule has 7 nitrogen and oxygen atoms in total. The number of alkyl carbamates (subject to hydrolysis) is 1. The highest BCUT2D eigenvalue weighted by atomic mass is 19.4. The second-order valence-electron chi connectivity index (χ2n) is 4.49. The van der Waals surface area contributed by atoms with Crippen LogP contribution in [0.15, 0.2) is 18.3 Å². The molecule has 0 unspecified atom stereocenters. The third-order valence-electron chi connectivity index (χ3n) is 2.77. The van der Waals surface area contributed by atoms with Gasteiger partial charge in [0.05, 0.1) is 19.9 Å². The summed E-state index contributed by atoms with van der Waals surface area (Å²) in [6.45, 7) is 2.96. The SMILES string of the molecule is CCOC(=O)N[C@](Nc1ccc(C)c[nH+]1)(C(=O)OC)C(F)(F)F. The lowest BCUT2D eigenvalue weighted by Crippen LogP contribution is -2.69. The topological polar surface area (TPSA) is 90.8 Å². The van der Waals surface area contributed by atoms with Gasteiger partial charge in [-0.15, -0.1) is 0 Å². The van der Waals surface area contributed by atoms with E-state index in [0.29, 0.717) is 0 Å². The number of esters is 1. The number of halogens is 3. The Kier molecular flexibility index (Phi) is 5.77. The van der Waals surface area contributed by atoms with Crippen molar-refractivity contribution >= 4 is 17.9 Å². The average Bonchev–Trinajstić information content (AvgIpc) is 2.47. The third-order valence-corrected chi connectivity index (χ3v) is 2.77. The zero-order valence-electron chi connectivity index (χ0n) is 12.7. The normalized spacial score (nSPS) is 13.7. The van der Waals surface area contributed by atoms with E-state index in [9.17, 15) is 22.8 Å². The number of nitrogens with one attached hydrogen (secondary N) is 3. The number of rotatable bonds is 5. The molecule has 0 bridgehead atoms. The number of methoxy groups -OCH3 is 1. The summed E-state index contributed by atoms with van der Waals surface area (Å²) in [5.41, 5.74) is -2.75. The van der Waals surface area contributed by atoms with E-state index >= 15 is 0 Å². The van der Waals surface area contributed by atoms with Crippen molar-refractivity contribution in [3.8, 4) is 0 Å². The van der Waals surface area contributed by atoms with Crippen LogP contribution >= 0.6 is 0 Å². The molecule has 0 saturated heterocycles. The van der Waals surface area contributed by atoms with Crippen molar-refractivity contribution in [2.24, 2.45) is 0 Å². The molecule has 1 aromatic heterocycles. The molecule has 0 radical (unpaired) electrons. The average molecular weight is 336 g/mol. The van der Waals surface area contributed by atoms with Gasteiger partial charge < -0.3 is 9.47 Å². The minimum Gasteiger partial charge on any atom is -0.464 e. The molecule has 1 amide bonds. The molecular weight excluding hydrogens is 319 g/mol. The maximum atomic E-state index is 13.5. The number of anilines is 1. The molecule has 0 aliphatic carbocycles. The molecule has 0 aliphatic rings. The summed E-state index contributed by atoms with van der Waals surface area (Å²) in [6.07, 6.45) is -5.20. The van der Waals surface area contributed by atoms with Gasteiger partial charge >= 0.3 is 23.9 Å². The monoisotopic (exact) mass is 336 g/mol. The molecule has 0 aliphatic heterocycles. The van der Waals surface area contributed by atoms with E-state index < -0.39 is 23.9 Å². The lowest BCUT2D eigenvalue weighted by Gasteiger charge is -2.29. The van der Waals surface area contributed by atoms with Crippen LogP contribution in [-0.4, -0.2) is 37.6 Å². The zero-order valence-corrected chi connectivity index (χ0v) is 12.7. The van der Waals surface area contributed by atoms with Crippen molar-refractivity contribution in [1.29, 1.82) is 0 Å². The molecule has 10 heteroatoms. The number of pyridine rings is 1. The Balaban J connectivity index is 3.28. The lowest BCUT2D eigenvalue weighted by molar-refractivity contribution is -0.363. The van der Waals surface area contributed by atoms with Crippen LogP contribution in [0.5, 0.6) is 0 Å². The van der Waals surface area contributed by atoms with Gasteiger partial charge in [0.2, 0.25) is 0 Å². The van der Waals surface area contributed by atoms with Crippen molar-refractivity contribution in [3.63, 3.8) is 0 Å². The van der Waals surface area contributed by atoms with Crippen LogP contribution in [0.2, 0.25) is 0 Å². The van der Waals surface area contributed by atoms with Crippen LogP contribution in [-0.2, 0) is 14.3 Å². The van der Waals surface area contributed by atoms with Gasteiger partial charge in [0.15, 0.2) is 0 Å². The Morgan fingerprint density at radius 1 is 1.30 bits per heavy atom. The number of aryl methyl sites for hydroxylation is 1. The van der Waals surface area contributed by atoms with Crippen LogP contribution in [0.4, 0.5) is 23.8 Å². The summed E-state index contributed by atoms with van der Waals surface area (Å²) in [5.74, 6) is -1.90. The van der Waals surface area contributed by atoms with E-state index in [-0.39, 0.29) is 12.4 Å². The maximum Gasteiger partial charge on any atom is 0.464 e. The molecule has 0 fully saturated rings. The van der Waals surface area contributed by atoms with Gasteiger partial charge in [-0.2, -0.15) is 13.2 Å². The fourth-order valence-electron chi connectivity index (χ4n) is 1.65. The summed E-state index contributed by atoms with van der Waals surface area (Å²) >= 11 is 0. The van der Waals surface area contributed by atoms with Gasteiger partial charge in [-0.3, -0.25) is 5.32 Å². The van der Waals surface area contributed by atoms with Crippen LogP contribution in [0, 0.1) is 6.92 Å². The van der Waals surface area contributed by atoms with Gasteiger partial charge in [-0.25, -0.2) is 19.9 Å². The van der Waals surface area contributed by atoms with Crippen molar-refractivity contribution in [2.75, 3.05) is 19.0 Å². The first kappa shape index (κ1) is 18.5. The highest BCUT2D eigenvalue weighted by Crippen LogP contribution is 2.32. The maximum absolute atomic E-state index is 13.5. The Hall–Kier alpha value is -2.52. The van der Waals surface area contributed by atoms with Crippen LogP contribution < -0.4 is 15.6 Å². The highest BCUT2D eigenvalue weighted by Gasteiger charge is 2.68. The predicted octanol–water partition coefficient (Wildman–Crippen LogP) is 1.40. The zero-order chi connectivity index (χ0) is 17.7. The highest BCUT2D eigenvalue weighted by molar-refractivity contribution is 5.89. The quantitative estimate of drug-likeness (QED) is 0.626. The standard InChI is InChI=1S/C13H16F3N3O4/c1-4-23-11(21)19-12(10(20)22-3,13(14,15)16)18-9-6-5-8(2)7-17-9/h5-7H,4H2,1-3H3,(H,17,18)(H,19,21)/p+1/t12-/m1/s1.